The summed E-state index contributed by atoms with van der Waals surface area (Å²) in [5, 5.41) is 5.29. The van der Waals surface area contributed by atoms with Crippen molar-refractivity contribution < 1.29 is 18.0 Å². The zero-order valence-corrected chi connectivity index (χ0v) is 20.4. The van der Waals surface area contributed by atoms with Gasteiger partial charge in [0.2, 0.25) is 0 Å². The van der Waals surface area contributed by atoms with E-state index in [4.69, 9.17) is 5.73 Å². The van der Waals surface area contributed by atoms with Gasteiger partial charge in [0.25, 0.3) is 0 Å². The Bertz CT molecular complexity index is 1590. The number of nitrogens with two attached hydrogens (primary N) is 1. The van der Waals surface area contributed by atoms with E-state index in [1.807, 2.05) is 17.7 Å². The normalized spacial score (nSPS) is 13.8. The SMILES string of the molecule is Cc1ccc(CC(=O)c2ccc(C)c(C(F)(F)F)c2)cc1C#Cc1nn(C2CCC2)c2ncnc(N)c12. The van der Waals surface area contributed by atoms with Crippen LogP contribution in [0.1, 0.15) is 69.2 Å². The second-order valence-electron chi connectivity index (χ2n) is 9.36. The van der Waals surface area contributed by atoms with Crippen LogP contribution in [0, 0.1) is 25.7 Å². The van der Waals surface area contributed by atoms with Gasteiger partial charge in [0.1, 0.15) is 17.8 Å². The van der Waals surface area contributed by atoms with Crippen LogP contribution in [0.25, 0.3) is 11.0 Å². The van der Waals surface area contributed by atoms with Crippen LogP contribution < -0.4 is 5.73 Å². The molecule has 1 aliphatic rings. The Morgan fingerprint density at radius 2 is 1.84 bits per heavy atom. The largest absolute Gasteiger partial charge is 0.416 e. The van der Waals surface area contributed by atoms with Gasteiger partial charge in [-0.2, -0.15) is 18.3 Å². The molecule has 0 unspecified atom stereocenters. The van der Waals surface area contributed by atoms with Crippen molar-refractivity contribution in [2.45, 2.75) is 51.7 Å². The quantitative estimate of drug-likeness (QED) is 0.290. The highest BCUT2D eigenvalue weighted by molar-refractivity contribution is 5.98. The highest BCUT2D eigenvalue weighted by Crippen LogP contribution is 2.35. The van der Waals surface area contributed by atoms with Gasteiger partial charge >= 0.3 is 6.18 Å². The van der Waals surface area contributed by atoms with E-state index >= 15 is 0 Å². The van der Waals surface area contributed by atoms with Gasteiger partial charge in [0.05, 0.1) is 17.0 Å². The van der Waals surface area contributed by atoms with E-state index < -0.39 is 17.5 Å². The molecule has 1 aliphatic carbocycles. The number of Topliss-reactive ketones (excluding diaryl/α,β-unsaturated/α-hetero) is 1. The number of fused-ring (bicyclic) bond motifs is 1. The van der Waals surface area contributed by atoms with Crippen molar-refractivity contribution in [2.24, 2.45) is 0 Å². The molecule has 0 aliphatic heterocycles. The summed E-state index contributed by atoms with van der Waals surface area (Å²) in [6, 6.07) is 9.34. The number of nitrogens with zero attached hydrogens (tertiary/aromatic N) is 4. The second-order valence-corrected chi connectivity index (χ2v) is 9.36. The summed E-state index contributed by atoms with van der Waals surface area (Å²) in [4.78, 5) is 21.3. The van der Waals surface area contributed by atoms with Crippen LogP contribution in [0.15, 0.2) is 42.7 Å². The summed E-state index contributed by atoms with van der Waals surface area (Å²) in [6.07, 6.45) is 0.0371. The Morgan fingerprint density at radius 1 is 1.08 bits per heavy atom. The van der Waals surface area contributed by atoms with Crippen LogP contribution in [0.4, 0.5) is 19.0 Å². The Hall–Kier alpha value is -4.19. The Labute approximate surface area is 211 Å². The zero-order valence-electron chi connectivity index (χ0n) is 20.4. The number of nitrogen functional groups attached to an aromatic ring is 1. The minimum absolute atomic E-state index is 0.0228. The first-order valence-electron chi connectivity index (χ1n) is 11.9. The molecule has 9 heteroatoms. The Balaban J connectivity index is 1.44. The third-order valence-corrected chi connectivity index (χ3v) is 6.79. The van der Waals surface area contributed by atoms with Crippen molar-refractivity contribution >= 4 is 22.6 Å². The lowest BCUT2D eigenvalue weighted by molar-refractivity contribution is -0.138. The lowest BCUT2D eigenvalue weighted by Crippen LogP contribution is -2.18. The number of alkyl halides is 3. The first-order chi connectivity index (χ1) is 17.6. The third kappa shape index (κ3) is 4.79. The van der Waals surface area contributed by atoms with Crippen LogP contribution in [-0.2, 0) is 12.6 Å². The van der Waals surface area contributed by atoms with Gasteiger partial charge < -0.3 is 5.73 Å². The minimum Gasteiger partial charge on any atom is -0.383 e. The molecule has 0 spiro atoms. The van der Waals surface area contributed by atoms with Crippen molar-refractivity contribution in [3.8, 4) is 11.8 Å². The average molecular weight is 504 g/mol. The molecule has 37 heavy (non-hydrogen) atoms. The standard InChI is InChI=1S/C28H24F3N5O/c1-16-6-8-18(13-24(37)20-9-7-17(2)22(14-20)28(29,30)31)12-19(16)10-11-23-25-26(32)33-15-34-27(25)36(35-23)21-4-3-5-21/h6-9,12,14-15,21H,3-5,13H2,1-2H3,(H2,32,33,34). The van der Waals surface area contributed by atoms with E-state index in [1.54, 1.807) is 12.1 Å². The number of benzene rings is 2. The number of rotatable bonds is 4. The predicted octanol–water partition coefficient (Wildman–Crippen LogP) is 5.59. The van der Waals surface area contributed by atoms with E-state index in [1.165, 1.54) is 25.4 Å². The molecule has 0 amide bonds. The maximum atomic E-state index is 13.3. The molecular formula is C28H24F3N5O. The number of aromatic nitrogens is 4. The molecule has 1 saturated carbocycles. The monoisotopic (exact) mass is 503 g/mol. The van der Waals surface area contributed by atoms with E-state index in [-0.39, 0.29) is 23.6 Å². The number of carbonyl (C=O) groups is 1. The van der Waals surface area contributed by atoms with Crippen molar-refractivity contribution in [1.29, 1.82) is 0 Å². The predicted molar refractivity (Wildman–Crippen MR) is 134 cm³/mol. The van der Waals surface area contributed by atoms with Crippen LogP contribution in [-0.4, -0.2) is 25.5 Å². The first-order valence-corrected chi connectivity index (χ1v) is 11.9. The van der Waals surface area contributed by atoms with Crippen molar-refractivity contribution in [2.75, 3.05) is 5.73 Å². The number of hydrogen-bond donors (Lipinski definition) is 1. The van der Waals surface area contributed by atoms with Gasteiger partial charge in [-0.15, -0.1) is 0 Å². The maximum Gasteiger partial charge on any atom is 0.416 e. The number of hydrogen-bond acceptors (Lipinski definition) is 5. The molecule has 1 fully saturated rings. The van der Waals surface area contributed by atoms with Gasteiger partial charge in [-0.1, -0.05) is 30.2 Å². The van der Waals surface area contributed by atoms with Gasteiger partial charge in [-0.25, -0.2) is 14.6 Å². The second kappa shape index (κ2) is 9.36. The van der Waals surface area contributed by atoms with Gasteiger partial charge in [0.15, 0.2) is 11.4 Å². The molecule has 5 rings (SSSR count). The van der Waals surface area contributed by atoms with Crippen LogP contribution in [0.3, 0.4) is 0 Å². The van der Waals surface area contributed by atoms with Crippen molar-refractivity contribution in [3.63, 3.8) is 0 Å². The fraction of sp³-hybridized carbons (Fsp3) is 0.286. The molecule has 0 atom stereocenters. The van der Waals surface area contributed by atoms with E-state index in [2.05, 4.69) is 26.9 Å². The fourth-order valence-electron chi connectivity index (χ4n) is 4.40. The molecular weight excluding hydrogens is 479 g/mol. The summed E-state index contributed by atoms with van der Waals surface area (Å²) >= 11 is 0. The molecule has 0 saturated heterocycles. The molecule has 6 nitrogen and oxygen atoms in total. The number of anilines is 1. The molecule has 188 valence electrons. The summed E-state index contributed by atoms with van der Waals surface area (Å²) in [5.74, 6) is 6.14. The third-order valence-electron chi connectivity index (χ3n) is 6.79. The maximum absolute atomic E-state index is 13.3. The zero-order chi connectivity index (χ0) is 26.3. The Kier molecular flexibility index (Phi) is 6.20. The molecule has 2 N–H and O–H groups in total. The summed E-state index contributed by atoms with van der Waals surface area (Å²) < 4.78 is 41.7. The van der Waals surface area contributed by atoms with Gasteiger partial charge in [-0.3, -0.25) is 4.79 Å². The van der Waals surface area contributed by atoms with E-state index in [0.717, 1.165) is 30.9 Å². The molecule has 2 heterocycles. The number of aryl methyl sites for hydroxylation is 2. The van der Waals surface area contributed by atoms with E-state index in [9.17, 15) is 18.0 Å². The fourth-order valence-corrected chi connectivity index (χ4v) is 4.40. The molecule has 2 aromatic heterocycles. The number of ketones is 1. The average Bonchev–Trinajstić information content (AvgIpc) is 3.17. The summed E-state index contributed by atoms with van der Waals surface area (Å²) in [6.45, 7) is 3.27. The van der Waals surface area contributed by atoms with Crippen LogP contribution in [0.2, 0.25) is 0 Å². The number of halogens is 3. The lowest BCUT2D eigenvalue weighted by atomic mass is 9.93. The van der Waals surface area contributed by atoms with Gasteiger partial charge in [0, 0.05) is 17.5 Å². The molecule has 0 radical (unpaired) electrons. The van der Waals surface area contributed by atoms with Crippen molar-refractivity contribution in [1.82, 2.24) is 19.7 Å². The number of carbonyl (C=O) groups excluding carboxylic acids is 1. The van der Waals surface area contributed by atoms with E-state index in [0.29, 0.717) is 33.7 Å². The summed E-state index contributed by atoms with van der Waals surface area (Å²) in [7, 11) is 0. The highest BCUT2D eigenvalue weighted by Gasteiger charge is 2.33. The van der Waals surface area contributed by atoms with Crippen LogP contribution >= 0.6 is 0 Å². The topological polar surface area (TPSA) is 86.7 Å². The van der Waals surface area contributed by atoms with Crippen molar-refractivity contribution in [3.05, 3.63) is 81.8 Å². The molecule has 2 aromatic carbocycles. The lowest BCUT2D eigenvalue weighted by Gasteiger charge is -2.25. The minimum atomic E-state index is -4.52. The Morgan fingerprint density at radius 3 is 2.54 bits per heavy atom. The first kappa shape index (κ1) is 24.5. The van der Waals surface area contributed by atoms with Gasteiger partial charge in [-0.05, 0) is 67.9 Å². The summed E-state index contributed by atoms with van der Waals surface area (Å²) in [5.41, 5.74) is 8.81. The van der Waals surface area contributed by atoms with Crippen LogP contribution in [0.5, 0.6) is 0 Å². The highest BCUT2D eigenvalue weighted by atomic mass is 19.4. The molecule has 0 bridgehead atoms. The smallest absolute Gasteiger partial charge is 0.383 e. The molecule has 4 aromatic rings.